The standard InChI is InChI=1S/C24H37FN4O2/c1-19(2)18-27-12-14-28(15-13-27)20-7-16-31-24(17-20)8-10-29(11-9-24)23(30)26-22-6-4-3-5-21(22)25/h3-6,19-20H,7-18H2,1-2H3,(H,26,30). The first kappa shape index (κ1) is 22.5. The predicted octanol–water partition coefficient (Wildman–Crippen LogP) is 3.64. The molecule has 6 nitrogen and oxygen atoms in total. The van der Waals surface area contributed by atoms with Crippen molar-refractivity contribution in [3.05, 3.63) is 30.1 Å². The third-order valence-electron chi connectivity index (χ3n) is 7.09. The van der Waals surface area contributed by atoms with Crippen LogP contribution in [0.5, 0.6) is 0 Å². The van der Waals surface area contributed by atoms with E-state index in [1.165, 1.54) is 12.6 Å². The number of hydrogen-bond acceptors (Lipinski definition) is 4. The van der Waals surface area contributed by atoms with Crippen LogP contribution >= 0.6 is 0 Å². The molecule has 1 N–H and O–H groups in total. The number of nitrogens with zero attached hydrogens (tertiary/aromatic N) is 3. The van der Waals surface area contributed by atoms with Crippen LogP contribution < -0.4 is 5.32 Å². The highest BCUT2D eigenvalue weighted by Gasteiger charge is 2.43. The van der Waals surface area contributed by atoms with Gasteiger partial charge in [-0.05, 0) is 43.7 Å². The lowest BCUT2D eigenvalue weighted by molar-refractivity contribution is -0.131. The Bertz CT molecular complexity index is 743. The molecule has 3 aliphatic rings. The third kappa shape index (κ3) is 5.57. The second-order valence-electron chi connectivity index (χ2n) is 9.81. The molecule has 1 aromatic carbocycles. The first-order valence-electron chi connectivity index (χ1n) is 11.8. The summed E-state index contributed by atoms with van der Waals surface area (Å²) in [6, 6.07) is 6.65. The fraction of sp³-hybridized carbons (Fsp3) is 0.708. The van der Waals surface area contributed by atoms with Gasteiger partial charge in [-0.3, -0.25) is 4.90 Å². The zero-order valence-corrected chi connectivity index (χ0v) is 19.0. The third-order valence-corrected chi connectivity index (χ3v) is 7.09. The number of hydrogen-bond donors (Lipinski definition) is 1. The van der Waals surface area contributed by atoms with Crippen molar-refractivity contribution in [1.82, 2.24) is 14.7 Å². The molecule has 1 atom stereocenters. The minimum atomic E-state index is -0.406. The second kappa shape index (κ2) is 9.84. The maximum Gasteiger partial charge on any atom is 0.321 e. The van der Waals surface area contributed by atoms with Gasteiger partial charge >= 0.3 is 6.03 Å². The van der Waals surface area contributed by atoms with Gasteiger partial charge in [-0.2, -0.15) is 0 Å². The lowest BCUT2D eigenvalue weighted by Gasteiger charge is -2.49. The highest BCUT2D eigenvalue weighted by atomic mass is 19.1. The number of anilines is 1. The molecule has 0 radical (unpaired) electrons. The fourth-order valence-corrected chi connectivity index (χ4v) is 5.36. The van der Waals surface area contributed by atoms with Gasteiger partial charge in [0.15, 0.2) is 0 Å². The summed E-state index contributed by atoms with van der Waals surface area (Å²) >= 11 is 0. The van der Waals surface area contributed by atoms with Crippen LogP contribution in [0.25, 0.3) is 0 Å². The molecule has 0 saturated carbocycles. The Hall–Kier alpha value is -1.70. The number of carbonyl (C=O) groups excluding carboxylic acids is 1. The molecule has 3 fully saturated rings. The monoisotopic (exact) mass is 432 g/mol. The van der Waals surface area contributed by atoms with Gasteiger partial charge in [-0.1, -0.05) is 26.0 Å². The SMILES string of the molecule is CC(C)CN1CCN(C2CCOC3(CCN(C(=O)Nc4ccccc4F)CC3)C2)CC1. The van der Waals surface area contributed by atoms with Crippen molar-refractivity contribution >= 4 is 11.7 Å². The van der Waals surface area contributed by atoms with E-state index in [0.717, 1.165) is 64.4 Å². The Balaban J connectivity index is 1.27. The van der Waals surface area contributed by atoms with Gasteiger partial charge in [0.2, 0.25) is 0 Å². The number of halogens is 1. The molecule has 1 unspecified atom stereocenters. The number of likely N-dealkylation sites (tertiary alicyclic amines) is 1. The smallest absolute Gasteiger partial charge is 0.321 e. The van der Waals surface area contributed by atoms with Gasteiger partial charge in [0.05, 0.1) is 11.3 Å². The summed E-state index contributed by atoms with van der Waals surface area (Å²) in [4.78, 5) is 19.6. The van der Waals surface area contributed by atoms with E-state index in [-0.39, 0.29) is 17.3 Å². The number of nitrogens with one attached hydrogen (secondary N) is 1. The normalized spacial score (nSPS) is 25.2. The quantitative estimate of drug-likeness (QED) is 0.789. The van der Waals surface area contributed by atoms with Crippen LogP contribution in [0.4, 0.5) is 14.9 Å². The number of piperidine rings is 1. The summed E-state index contributed by atoms with van der Waals surface area (Å²) in [6.07, 6.45) is 3.85. The summed E-state index contributed by atoms with van der Waals surface area (Å²) in [7, 11) is 0. The number of carbonyl (C=O) groups is 1. The van der Waals surface area contributed by atoms with Gasteiger partial charge in [-0.15, -0.1) is 0 Å². The molecule has 2 amide bonds. The Morgan fingerprint density at radius 2 is 1.87 bits per heavy atom. The number of piperazine rings is 1. The van der Waals surface area contributed by atoms with Crippen molar-refractivity contribution in [2.75, 3.05) is 57.7 Å². The van der Waals surface area contributed by atoms with Crippen molar-refractivity contribution < 1.29 is 13.9 Å². The minimum absolute atomic E-state index is 0.118. The van der Waals surface area contributed by atoms with Crippen LogP contribution in [0.2, 0.25) is 0 Å². The lowest BCUT2D eigenvalue weighted by atomic mass is 9.81. The van der Waals surface area contributed by atoms with Gasteiger partial charge in [0.25, 0.3) is 0 Å². The van der Waals surface area contributed by atoms with E-state index >= 15 is 0 Å². The molecule has 1 spiro atoms. The molecule has 3 aliphatic heterocycles. The van der Waals surface area contributed by atoms with Crippen molar-refractivity contribution in [2.45, 2.75) is 51.2 Å². The number of rotatable bonds is 4. The first-order chi connectivity index (χ1) is 14.9. The van der Waals surface area contributed by atoms with Crippen LogP contribution in [-0.4, -0.2) is 84.8 Å². The number of urea groups is 1. The van der Waals surface area contributed by atoms with E-state index in [9.17, 15) is 9.18 Å². The summed E-state index contributed by atoms with van der Waals surface area (Å²) in [5.41, 5.74) is 0.116. The van der Waals surface area contributed by atoms with Crippen LogP contribution in [0.1, 0.15) is 39.5 Å². The maximum atomic E-state index is 13.8. The van der Waals surface area contributed by atoms with Crippen molar-refractivity contribution in [3.8, 4) is 0 Å². The molecule has 4 rings (SSSR count). The molecule has 3 heterocycles. The van der Waals surface area contributed by atoms with E-state index in [1.807, 2.05) is 0 Å². The molecular formula is C24H37FN4O2. The van der Waals surface area contributed by atoms with Crippen LogP contribution in [0.15, 0.2) is 24.3 Å². The first-order valence-corrected chi connectivity index (χ1v) is 11.8. The average molecular weight is 433 g/mol. The molecule has 1 aromatic rings. The zero-order valence-electron chi connectivity index (χ0n) is 19.0. The molecular weight excluding hydrogens is 395 g/mol. The van der Waals surface area contributed by atoms with Crippen molar-refractivity contribution in [1.29, 1.82) is 0 Å². The zero-order chi connectivity index (χ0) is 21.8. The summed E-state index contributed by atoms with van der Waals surface area (Å²) in [5.74, 6) is 0.315. The fourth-order valence-electron chi connectivity index (χ4n) is 5.36. The van der Waals surface area contributed by atoms with Gasteiger partial charge in [-0.25, -0.2) is 9.18 Å². The van der Waals surface area contributed by atoms with Crippen molar-refractivity contribution in [2.24, 2.45) is 5.92 Å². The molecule has 31 heavy (non-hydrogen) atoms. The van der Waals surface area contributed by atoms with Crippen LogP contribution in [-0.2, 0) is 4.74 Å². The number of para-hydroxylation sites is 1. The summed E-state index contributed by atoms with van der Waals surface area (Å²) in [6.45, 7) is 12.5. The lowest BCUT2D eigenvalue weighted by Crippen LogP contribution is -2.57. The molecule has 0 aromatic heterocycles. The van der Waals surface area contributed by atoms with Gasteiger partial charge in [0, 0.05) is 58.5 Å². The average Bonchev–Trinajstić information content (AvgIpc) is 2.76. The van der Waals surface area contributed by atoms with Gasteiger partial charge in [0.1, 0.15) is 5.82 Å². The molecule has 7 heteroatoms. The molecule has 0 aliphatic carbocycles. The van der Waals surface area contributed by atoms with E-state index in [0.29, 0.717) is 19.1 Å². The van der Waals surface area contributed by atoms with Crippen LogP contribution in [0, 0.1) is 11.7 Å². The topological polar surface area (TPSA) is 48.1 Å². The number of amides is 2. The second-order valence-corrected chi connectivity index (χ2v) is 9.81. The van der Waals surface area contributed by atoms with Gasteiger partial charge < -0.3 is 19.9 Å². The molecule has 172 valence electrons. The number of ether oxygens (including phenoxy) is 1. The largest absolute Gasteiger partial charge is 0.375 e. The summed E-state index contributed by atoms with van der Waals surface area (Å²) < 4.78 is 20.2. The van der Waals surface area contributed by atoms with E-state index in [2.05, 4.69) is 29.0 Å². The predicted molar refractivity (Wildman–Crippen MR) is 121 cm³/mol. The summed E-state index contributed by atoms with van der Waals surface area (Å²) in [5, 5.41) is 2.71. The maximum absolute atomic E-state index is 13.8. The highest BCUT2D eigenvalue weighted by molar-refractivity contribution is 5.89. The van der Waals surface area contributed by atoms with E-state index in [1.54, 1.807) is 23.1 Å². The number of benzene rings is 1. The highest BCUT2D eigenvalue weighted by Crippen LogP contribution is 2.37. The van der Waals surface area contributed by atoms with Crippen LogP contribution in [0.3, 0.4) is 0 Å². The minimum Gasteiger partial charge on any atom is -0.375 e. The van der Waals surface area contributed by atoms with E-state index in [4.69, 9.17) is 4.74 Å². The Morgan fingerprint density at radius 1 is 1.16 bits per heavy atom. The Morgan fingerprint density at radius 3 is 2.55 bits per heavy atom. The Labute approximate surface area is 185 Å². The molecule has 3 saturated heterocycles. The molecule has 0 bridgehead atoms. The Kier molecular flexibility index (Phi) is 7.14. The van der Waals surface area contributed by atoms with Crippen molar-refractivity contribution in [3.63, 3.8) is 0 Å². The van der Waals surface area contributed by atoms with E-state index < -0.39 is 5.82 Å².